The Bertz CT molecular complexity index is 406. The van der Waals surface area contributed by atoms with E-state index in [9.17, 15) is 4.79 Å². The van der Waals surface area contributed by atoms with Gasteiger partial charge in [-0.2, -0.15) is 0 Å². The predicted molar refractivity (Wildman–Crippen MR) is 81.1 cm³/mol. The molecule has 0 aliphatic rings. The zero-order chi connectivity index (χ0) is 15.0. The number of hydrogen-bond acceptors (Lipinski definition) is 4. The van der Waals surface area contributed by atoms with Gasteiger partial charge in [-0.3, -0.25) is 4.79 Å². The van der Waals surface area contributed by atoms with Gasteiger partial charge in [-0.25, -0.2) is 0 Å². The number of carbonyl (C=O) groups is 1. The molecule has 20 heavy (non-hydrogen) atoms. The average molecular weight is 280 g/mol. The zero-order valence-corrected chi connectivity index (χ0v) is 12.4. The molecule has 5 nitrogen and oxygen atoms in total. The number of hydrogen-bond donors (Lipinski definition) is 2. The Balaban J connectivity index is 2.62. The van der Waals surface area contributed by atoms with Crippen molar-refractivity contribution in [3.63, 3.8) is 0 Å². The Morgan fingerprint density at radius 2 is 2.00 bits per heavy atom. The van der Waals surface area contributed by atoms with Crippen molar-refractivity contribution >= 4 is 17.3 Å². The predicted octanol–water partition coefficient (Wildman–Crippen LogP) is 1.87. The molecule has 0 saturated carbocycles. The summed E-state index contributed by atoms with van der Waals surface area (Å²) in [6.07, 6.45) is 0.244. The quantitative estimate of drug-likeness (QED) is 0.763. The van der Waals surface area contributed by atoms with Crippen LogP contribution in [0.3, 0.4) is 0 Å². The van der Waals surface area contributed by atoms with Gasteiger partial charge in [0.1, 0.15) is 6.10 Å². The molecular formula is C15H24N2O3. The van der Waals surface area contributed by atoms with Gasteiger partial charge in [0.25, 0.3) is 5.91 Å². The molecule has 0 heterocycles. The normalized spacial score (nSPS) is 12.0. The molecule has 1 aromatic carbocycles. The molecule has 0 bridgehead atoms. The first-order valence-corrected chi connectivity index (χ1v) is 6.96. The molecule has 0 radical (unpaired) electrons. The minimum atomic E-state index is -0.406. The maximum Gasteiger partial charge on any atom is 0.253 e. The lowest BCUT2D eigenvalue weighted by atomic mass is 10.2. The summed E-state index contributed by atoms with van der Waals surface area (Å²) in [5.41, 5.74) is 1.74. The Labute approximate surface area is 120 Å². The first kappa shape index (κ1) is 16.5. The summed E-state index contributed by atoms with van der Waals surface area (Å²) in [6, 6.07) is 7.51. The van der Waals surface area contributed by atoms with E-state index >= 15 is 0 Å². The third kappa shape index (κ3) is 4.83. The highest BCUT2D eigenvalue weighted by Crippen LogP contribution is 2.17. The number of amides is 1. The molecule has 1 amide bonds. The minimum absolute atomic E-state index is 0.113. The standard InChI is InChI=1S/C15H24N2O3/c1-4-14(20-5-2)15(19)16-12-6-8-13(9-7-12)17(3)10-11-18/h6-9,14,18H,4-5,10-11H2,1-3H3,(H,16,19). The van der Waals surface area contributed by atoms with E-state index in [1.807, 2.05) is 50.1 Å². The summed E-state index contributed by atoms with van der Waals surface area (Å²) in [4.78, 5) is 13.9. The van der Waals surface area contributed by atoms with Gasteiger partial charge in [-0.05, 0) is 37.6 Å². The summed E-state index contributed by atoms with van der Waals surface area (Å²) in [6.45, 7) is 5.01. The summed E-state index contributed by atoms with van der Waals surface area (Å²) >= 11 is 0. The molecule has 5 heteroatoms. The number of aliphatic hydroxyl groups is 1. The van der Waals surface area contributed by atoms with E-state index in [1.54, 1.807) is 0 Å². The molecule has 0 saturated heterocycles. The van der Waals surface area contributed by atoms with Crippen molar-refractivity contribution < 1.29 is 14.6 Å². The number of rotatable bonds is 8. The van der Waals surface area contributed by atoms with Gasteiger partial charge < -0.3 is 20.1 Å². The fourth-order valence-corrected chi connectivity index (χ4v) is 1.88. The Morgan fingerprint density at radius 3 is 2.50 bits per heavy atom. The molecule has 1 unspecified atom stereocenters. The number of ether oxygens (including phenoxy) is 1. The lowest BCUT2D eigenvalue weighted by Gasteiger charge is -2.19. The van der Waals surface area contributed by atoms with Crippen LogP contribution in [0.1, 0.15) is 20.3 Å². The fourth-order valence-electron chi connectivity index (χ4n) is 1.88. The van der Waals surface area contributed by atoms with E-state index in [1.165, 1.54) is 0 Å². The summed E-state index contributed by atoms with van der Waals surface area (Å²) in [5.74, 6) is -0.120. The Kier molecular flexibility index (Phi) is 7.04. The van der Waals surface area contributed by atoms with E-state index < -0.39 is 6.10 Å². The first-order valence-electron chi connectivity index (χ1n) is 6.96. The Morgan fingerprint density at radius 1 is 1.35 bits per heavy atom. The van der Waals surface area contributed by atoms with E-state index in [0.717, 1.165) is 11.4 Å². The molecule has 2 N–H and O–H groups in total. The van der Waals surface area contributed by atoms with Gasteiger partial charge in [-0.15, -0.1) is 0 Å². The lowest BCUT2D eigenvalue weighted by molar-refractivity contribution is -0.127. The van der Waals surface area contributed by atoms with Crippen LogP contribution in [-0.4, -0.2) is 43.9 Å². The van der Waals surface area contributed by atoms with Crippen molar-refractivity contribution in [1.82, 2.24) is 0 Å². The van der Waals surface area contributed by atoms with Crippen LogP contribution >= 0.6 is 0 Å². The van der Waals surface area contributed by atoms with Crippen LogP contribution < -0.4 is 10.2 Å². The molecule has 0 aliphatic heterocycles. The van der Waals surface area contributed by atoms with Crippen molar-refractivity contribution in [1.29, 1.82) is 0 Å². The fraction of sp³-hybridized carbons (Fsp3) is 0.533. The second-order valence-electron chi connectivity index (χ2n) is 4.53. The second kappa shape index (κ2) is 8.55. The summed E-state index contributed by atoms with van der Waals surface area (Å²) in [5, 5.41) is 11.7. The number of anilines is 2. The van der Waals surface area contributed by atoms with Crippen molar-refractivity contribution in [3.8, 4) is 0 Å². The van der Waals surface area contributed by atoms with E-state index in [-0.39, 0.29) is 12.5 Å². The van der Waals surface area contributed by atoms with Crippen LogP contribution in [0, 0.1) is 0 Å². The third-order valence-electron chi connectivity index (χ3n) is 3.04. The Hall–Kier alpha value is -1.59. The SMILES string of the molecule is CCOC(CC)C(=O)Nc1ccc(N(C)CCO)cc1. The zero-order valence-electron chi connectivity index (χ0n) is 12.4. The van der Waals surface area contributed by atoms with Crippen LogP contribution in [0.2, 0.25) is 0 Å². The minimum Gasteiger partial charge on any atom is -0.395 e. The van der Waals surface area contributed by atoms with Crippen LogP contribution in [-0.2, 0) is 9.53 Å². The number of nitrogens with zero attached hydrogens (tertiary/aromatic N) is 1. The molecule has 1 atom stereocenters. The largest absolute Gasteiger partial charge is 0.395 e. The lowest BCUT2D eigenvalue weighted by Crippen LogP contribution is -2.29. The van der Waals surface area contributed by atoms with Crippen LogP contribution in [0.15, 0.2) is 24.3 Å². The molecule has 0 fully saturated rings. The van der Waals surface area contributed by atoms with Gasteiger partial charge in [-0.1, -0.05) is 6.92 Å². The van der Waals surface area contributed by atoms with Crippen molar-refractivity contribution in [2.45, 2.75) is 26.4 Å². The summed E-state index contributed by atoms with van der Waals surface area (Å²) < 4.78 is 5.37. The van der Waals surface area contributed by atoms with E-state index in [0.29, 0.717) is 19.6 Å². The number of nitrogens with one attached hydrogen (secondary N) is 1. The highest BCUT2D eigenvalue weighted by atomic mass is 16.5. The summed E-state index contributed by atoms with van der Waals surface area (Å²) in [7, 11) is 1.91. The maximum absolute atomic E-state index is 12.0. The highest BCUT2D eigenvalue weighted by molar-refractivity contribution is 5.94. The van der Waals surface area contributed by atoms with Crippen molar-refractivity contribution in [3.05, 3.63) is 24.3 Å². The van der Waals surface area contributed by atoms with Gasteiger partial charge >= 0.3 is 0 Å². The van der Waals surface area contributed by atoms with Gasteiger partial charge in [0.15, 0.2) is 0 Å². The number of benzene rings is 1. The van der Waals surface area contributed by atoms with E-state index in [2.05, 4.69) is 5.32 Å². The number of carbonyl (C=O) groups excluding carboxylic acids is 1. The van der Waals surface area contributed by atoms with Crippen molar-refractivity contribution in [2.75, 3.05) is 37.0 Å². The highest BCUT2D eigenvalue weighted by Gasteiger charge is 2.16. The molecule has 1 rings (SSSR count). The molecule has 0 aliphatic carbocycles. The van der Waals surface area contributed by atoms with E-state index in [4.69, 9.17) is 9.84 Å². The number of aliphatic hydroxyl groups excluding tert-OH is 1. The maximum atomic E-state index is 12.0. The third-order valence-corrected chi connectivity index (χ3v) is 3.04. The van der Waals surface area contributed by atoms with Crippen LogP contribution in [0.4, 0.5) is 11.4 Å². The molecular weight excluding hydrogens is 256 g/mol. The topological polar surface area (TPSA) is 61.8 Å². The molecule has 1 aromatic rings. The first-order chi connectivity index (χ1) is 9.62. The van der Waals surface area contributed by atoms with Gasteiger partial charge in [0.05, 0.1) is 6.61 Å². The van der Waals surface area contributed by atoms with Crippen LogP contribution in [0.5, 0.6) is 0 Å². The monoisotopic (exact) mass is 280 g/mol. The van der Waals surface area contributed by atoms with Crippen molar-refractivity contribution in [2.24, 2.45) is 0 Å². The number of likely N-dealkylation sites (N-methyl/N-ethyl adjacent to an activating group) is 1. The smallest absolute Gasteiger partial charge is 0.253 e. The molecule has 112 valence electrons. The van der Waals surface area contributed by atoms with Gasteiger partial charge in [0.2, 0.25) is 0 Å². The average Bonchev–Trinajstić information content (AvgIpc) is 2.45. The molecule has 0 spiro atoms. The van der Waals surface area contributed by atoms with Gasteiger partial charge in [0, 0.05) is 31.6 Å². The second-order valence-corrected chi connectivity index (χ2v) is 4.53. The molecule has 0 aromatic heterocycles. The van der Waals surface area contributed by atoms with Crippen LogP contribution in [0.25, 0.3) is 0 Å².